The molecule has 1 amide bonds. The number of hydrogen-bond acceptors (Lipinski definition) is 6. The summed E-state index contributed by atoms with van der Waals surface area (Å²) in [6, 6.07) is 0. The molecule has 0 radical (unpaired) electrons. The van der Waals surface area contributed by atoms with E-state index in [-0.39, 0.29) is 0 Å². The first kappa shape index (κ1) is 24.8. The van der Waals surface area contributed by atoms with Crippen molar-refractivity contribution < 1.29 is 35.1 Å². The van der Waals surface area contributed by atoms with Crippen molar-refractivity contribution in [1.82, 2.24) is 5.32 Å². The summed E-state index contributed by atoms with van der Waals surface area (Å²) < 4.78 is 0. The number of rotatable bonds is 16. The fourth-order valence-corrected chi connectivity index (χ4v) is 2.60. The fraction of sp³-hybridized carbons (Fsp3) is 0.889. The molecule has 0 saturated heterocycles. The van der Waals surface area contributed by atoms with Gasteiger partial charge in [0.25, 0.3) is 5.91 Å². The Kier molecular flexibility index (Phi) is 14.2. The molecule has 4 atom stereocenters. The number of unbranched alkanes of at least 4 members (excludes halogenated alkanes) is 9. The maximum atomic E-state index is 11.7. The van der Waals surface area contributed by atoms with Gasteiger partial charge in [-0.25, -0.2) is 4.79 Å². The molecule has 6 N–H and O–H groups in total. The molecule has 0 aliphatic carbocycles. The van der Waals surface area contributed by atoms with Crippen molar-refractivity contribution in [2.45, 2.75) is 95.5 Å². The van der Waals surface area contributed by atoms with Gasteiger partial charge in [-0.15, -0.1) is 0 Å². The maximum Gasteiger partial charge on any atom is 0.335 e. The molecule has 0 aromatic heterocycles. The highest BCUT2D eigenvalue weighted by Crippen LogP contribution is 2.10. The van der Waals surface area contributed by atoms with Crippen molar-refractivity contribution in [3.63, 3.8) is 0 Å². The van der Waals surface area contributed by atoms with Gasteiger partial charge in [0.1, 0.15) is 12.2 Å². The van der Waals surface area contributed by atoms with Crippen molar-refractivity contribution in [2.75, 3.05) is 6.54 Å². The summed E-state index contributed by atoms with van der Waals surface area (Å²) >= 11 is 0. The molecule has 8 heteroatoms. The lowest BCUT2D eigenvalue weighted by Gasteiger charge is -2.23. The Morgan fingerprint density at radius 2 is 1.15 bits per heavy atom. The lowest BCUT2D eigenvalue weighted by molar-refractivity contribution is -0.166. The fourth-order valence-electron chi connectivity index (χ4n) is 2.60. The number of carbonyl (C=O) groups excluding carboxylic acids is 1. The molecule has 0 spiro atoms. The van der Waals surface area contributed by atoms with E-state index in [0.29, 0.717) is 6.54 Å². The zero-order valence-electron chi connectivity index (χ0n) is 15.6. The molecule has 4 unspecified atom stereocenters. The van der Waals surface area contributed by atoms with Gasteiger partial charge in [-0.1, -0.05) is 64.7 Å². The van der Waals surface area contributed by atoms with Crippen LogP contribution >= 0.6 is 0 Å². The first-order valence-electron chi connectivity index (χ1n) is 9.55. The minimum Gasteiger partial charge on any atom is -0.479 e. The van der Waals surface area contributed by atoms with E-state index < -0.39 is 36.3 Å². The van der Waals surface area contributed by atoms with Gasteiger partial charge < -0.3 is 30.8 Å². The van der Waals surface area contributed by atoms with E-state index in [9.17, 15) is 24.9 Å². The maximum absolute atomic E-state index is 11.7. The number of hydrogen-bond donors (Lipinski definition) is 6. The van der Waals surface area contributed by atoms with Crippen LogP contribution in [0, 0.1) is 0 Å². The van der Waals surface area contributed by atoms with Crippen LogP contribution in [0.1, 0.15) is 71.1 Å². The van der Waals surface area contributed by atoms with E-state index in [4.69, 9.17) is 10.2 Å². The highest BCUT2D eigenvalue weighted by molar-refractivity contribution is 5.81. The second-order valence-electron chi connectivity index (χ2n) is 6.68. The average Bonchev–Trinajstić information content (AvgIpc) is 2.63. The van der Waals surface area contributed by atoms with Crippen LogP contribution in [0.4, 0.5) is 0 Å². The third-order valence-corrected chi connectivity index (χ3v) is 4.35. The van der Waals surface area contributed by atoms with Crippen LogP contribution in [-0.4, -0.2) is 68.4 Å². The van der Waals surface area contributed by atoms with Crippen LogP contribution in [-0.2, 0) is 9.59 Å². The summed E-state index contributed by atoms with van der Waals surface area (Å²) in [6.45, 7) is 2.51. The summed E-state index contributed by atoms with van der Waals surface area (Å²) in [5.74, 6) is -2.67. The summed E-state index contributed by atoms with van der Waals surface area (Å²) in [4.78, 5) is 22.2. The molecule has 26 heavy (non-hydrogen) atoms. The zero-order valence-corrected chi connectivity index (χ0v) is 15.6. The number of nitrogens with one attached hydrogen (secondary N) is 1. The average molecular weight is 377 g/mol. The van der Waals surface area contributed by atoms with Crippen LogP contribution in [0.25, 0.3) is 0 Å². The molecule has 0 saturated carbocycles. The predicted octanol–water partition coefficient (Wildman–Crippen LogP) is 0.552. The van der Waals surface area contributed by atoms with Crippen molar-refractivity contribution >= 4 is 11.9 Å². The van der Waals surface area contributed by atoms with E-state index in [2.05, 4.69) is 12.2 Å². The number of aliphatic carboxylic acids is 1. The minimum atomic E-state index is -2.28. The number of aliphatic hydroxyl groups excluding tert-OH is 4. The molecule has 0 bridgehead atoms. The van der Waals surface area contributed by atoms with Crippen LogP contribution in [0.3, 0.4) is 0 Å². The third kappa shape index (κ3) is 10.7. The molecular formula is C18H35NO7. The molecule has 0 aromatic rings. The smallest absolute Gasteiger partial charge is 0.335 e. The Morgan fingerprint density at radius 3 is 1.62 bits per heavy atom. The monoisotopic (exact) mass is 377 g/mol. The van der Waals surface area contributed by atoms with Gasteiger partial charge in [0.2, 0.25) is 0 Å². The SMILES string of the molecule is CCCCCCCCCCCCNC(=O)C(O)C(O)C(O)C(O)C(=O)O. The van der Waals surface area contributed by atoms with Crippen LogP contribution < -0.4 is 5.32 Å². The number of aliphatic hydroxyl groups is 4. The van der Waals surface area contributed by atoms with Crippen molar-refractivity contribution in [2.24, 2.45) is 0 Å². The highest BCUT2D eigenvalue weighted by Gasteiger charge is 2.37. The van der Waals surface area contributed by atoms with Crippen molar-refractivity contribution in [3.8, 4) is 0 Å². The van der Waals surface area contributed by atoms with Crippen molar-refractivity contribution in [3.05, 3.63) is 0 Å². The number of carbonyl (C=O) groups is 2. The van der Waals surface area contributed by atoms with Gasteiger partial charge in [-0.3, -0.25) is 4.79 Å². The molecule has 0 heterocycles. The molecule has 0 aromatic carbocycles. The second-order valence-corrected chi connectivity index (χ2v) is 6.68. The Bertz CT molecular complexity index is 392. The van der Waals surface area contributed by atoms with Crippen molar-refractivity contribution in [1.29, 1.82) is 0 Å². The van der Waals surface area contributed by atoms with Gasteiger partial charge in [0.05, 0.1) is 0 Å². The number of amides is 1. The van der Waals surface area contributed by atoms with E-state index >= 15 is 0 Å². The largest absolute Gasteiger partial charge is 0.479 e. The Hall–Kier alpha value is -1.22. The van der Waals surface area contributed by atoms with Gasteiger partial charge in [0, 0.05) is 6.54 Å². The Balaban J connectivity index is 3.76. The van der Waals surface area contributed by atoms with Crippen LogP contribution in [0.15, 0.2) is 0 Å². The Morgan fingerprint density at radius 1 is 0.731 bits per heavy atom. The molecule has 154 valence electrons. The van der Waals surface area contributed by atoms with Gasteiger partial charge in [0.15, 0.2) is 12.2 Å². The summed E-state index contributed by atoms with van der Waals surface area (Å²) in [6.07, 6.45) is 2.94. The van der Waals surface area contributed by atoms with E-state index in [1.54, 1.807) is 0 Å². The summed E-state index contributed by atoms with van der Waals surface area (Å²) in [5, 5.41) is 48.7. The first-order valence-corrected chi connectivity index (χ1v) is 9.55. The number of carboxylic acid groups (broad SMARTS) is 1. The van der Waals surface area contributed by atoms with Gasteiger partial charge >= 0.3 is 5.97 Å². The highest BCUT2D eigenvalue weighted by atomic mass is 16.4. The summed E-state index contributed by atoms with van der Waals surface area (Å²) in [7, 11) is 0. The molecule has 8 nitrogen and oxygen atoms in total. The lowest BCUT2D eigenvalue weighted by atomic mass is 10.0. The molecule has 0 fully saturated rings. The zero-order chi connectivity index (χ0) is 19.9. The Labute approximate surface area is 155 Å². The standard InChI is InChI=1S/C18H35NO7/c1-2-3-4-5-6-7-8-9-10-11-12-19-17(24)15(22)13(20)14(21)16(23)18(25)26/h13-16,20-23H,2-12H2,1H3,(H,19,24)(H,25,26). The predicted molar refractivity (Wildman–Crippen MR) is 96.5 cm³/mol. The first-order chi connectivity index (χ1) is 12.3. The van der Waals surface area contributed by atoms with E-state index in [0.717, 1.165) is 25.7 Å². The molecule has 0 rings (SSSR count). The lowest BCUT2D eigenvalue weighted by Crippen LogP contribution is -2.52. The van der Waals surface area contributed by atoms with Gasteiger partial charge in [-0.2, -0.15) is 0 Å². The van der Waals surface area contributed by atoms with Crippen LogP contribution in [0.2, 0.25) is 0 Å². The number of carboxylic acids is 1. The molecule has 0 aliphatic rings. The van der Waals surface area contributed by atoms with E-state index in [1.165, 1.54) is 38.5 Å². The van der Waals surface area contributed by atoms with Crippen LogP contribution in [0.5, 0.6) is 0 Å². The molecular weight excluding hydrogens is 342 g/mol. The van der Waals surface area contributed by atoms with E-state index in [1.807, 2.05) is 0 Å². The minimum absolute atomic E-state index is 0.316. The quantitative estimate of drug-likeness (QED) is 0.215. The third-order valence-electron chi connectivity index (χ3n) is 4.35. The second kappa shape index (κ2) is 14.9. The topological polar surface area (TPSA) is 147 Å². The molecule has 0 aliphatic heterocycles. The van der Waals surface area contributed by atoms with Gasteiger partial charge in [-0.05, 0) is 6.42 Å². The normalized spacial score (nSPS) is 15.9. The summed E-state index contributed by atoms with van der Waals surface area (Å²) in [5.41, 5.74) is 0.